The fraction of sp³-hybridized carbons (Fsp3) is 0.417. The third-order valence-electron chi connectivity index (χ3n) is 2.33. The molecule has 0 spiro atoms. The van der Waals surface area contributed by atoms with Crippen LogP contribution < -0.4 is 11.1 Å². The molecule has 0 fully saturated rings. The predicted octanol–water partition coefficient (Wildman–Crippen LogP) is 2.49. The third kappa shape index (κ3) is 4.81. The minimum absolute atomic E-state index is 0. The maximum Gasteiger partial charge on any atom is 0.252 e. The highest BCUT2D eigenvalue weighted by Crippen LogP contribution is 2.15. The molecule has 0 saturated heterocycles. The molecular formula is C12H18ClIN2O. The van der Waals surface area contributed by atoms with Crippen molar-refractivity contribution in [2.24, 2.45) is 5.73 Å². The summed E-state index contributed by atoms with van der Waals surface area (Å²) in [5.74, 6) is -0.0662. The molecule has 3 N–H and O–H groups in total. The van der Waals surface area contributed by atoms with Crippen molar-refractivity contribution >= 4 is 40.9 Å². The summed E-state index contributed by atoms with van der Waals surface area (Å²) in [5.41, 5.74) is 7.00. The van der Waals surface area contributed by atoms with Crippen LogP contribution in [0.4, 0.5) is 0 Å². The number of carbonyl (C=O) groups excluding carboxylic acids is 1. The molecule has 0 saturated carbocycles. The van der Waals surface area contributed by atoms with Gasteiger partial charge in [-0.15, -0.1) is 12.4 Å². The molecule has 0 aliphatic carbocycles. The number of nitrogens with two attached hydrogens (primary N) is 1. The van der Waals surface area contributed by atoms with E-state index in [4.69, 9.17) is 5.73 Å². The molecule has 0 atom stereocenters. The average Bonchev–Trinajstić information content (AvgIpc) is 2.21. The SMILES string of the molecule is Cc1ccc(I)c(C(=O)NC(C)(C)CN)c1.Cl. The molecule has 0 aliphatic rings. The smallest absolute Gasteiger partial charge is 0.252 e. The van der Waals surface area contributed by atoms with Crippen molar-refractivity contribution in [1.29, 1.82) is 0 Å². The first kappa shape index (κ1) is 16.7. The zero-order valence-electron chi connectivity index (χ0n) is 10.2. The first-order valence-electron chi connectivity index (χ1n) is 5.14. The van der Waals surface area contributed by atoms with E-state index in [1.165, 1.54) is 0 Å². The Balaban J connectivity index is 0.00000256. The van der Waals surface area contributed by atoms with Crippen LogP contribution in [-0.2, 0) is 0 Å². The van der Waals surface area contributed by atoms with E-state index in [-0.39, 0.29) is 23.9 Å². The number of amides is 1. The van der Waals surface area contributed by atoms with E-state index in [2.05, 4.69) is 27.9 Å². The Labute approximate surface area is 122 Å². The van der Waals surface area contributed by atoms with Gasteiger partial charge in [-0.3, -0.25) is 4.79 Å². The van der Waals surface area contributed by atoms with Crippen molar-refractivity contribution < 1.29 is 4.79 Å². The van der Waals surface area contributed by atoms with Gasteiger partial charge in [-0.2, -0.15) is 0 Å². The summed E-state index contributed by atoms with van der Waals surface area (Å²) >= 11 is 2.16. The Hall–Kier alpha value is -0.330. The first-order chi connectivity index (χ1) is 7.35. The summed E-state index contributed by atoms with van der Waals surface area (Å²) in [6.45, 7) is 6.21. The second-order valence-electron chi connectivity index (χ2n) is 4.53. The van der Waals surface area contributed by atoms with Gasteiger partial charge in [-0.25, -0.2) is 0 Å². The molecule has 0 radical (unpaired) electrons. The number of benzene rings is 1. The van der Waals surface area contributed by atoms with E-state index in [1.807, 2.05) is 39.0 Å². The number of nitrogens with one attached hydrogen (secondary N) is 1. The zero-order valence-corrected chi connectivity index (χ0v) is 13.2. The van der Waals surface area contributed by atoms with Crippen molar-refractivity contribution in [2.75, 3.05) is 6.54 Å². The lowest BCUT2D eigenvalue weighted by Gasteiger charge is -2.24. The van der Waals surface area contributed by atoms with Crippen molar-refractivity contribution in [3.63, 3.8) is 0 Å². The number of rotatable bonds is 3. The summed E-state index contributed by atoms with van der Waals surface area (Å²) < 4.78 is 0.952. The lowest BCUT2D eigenvalue weighted by molar-refractivity contribution is 0.0914. The molecule has 17 heavy (non-hydrogen) atoms. The lowest BCUT2D eigenvalue weighted by atomic mass is 10.0. The van der Waals surface area contributed by atoms with Gasteiger partial charge in [0.05, 0.1) is 5.56 Å². The normalized spacial score (nSPS) is 10.6. The molecule has 0 aliphatic heterocycles. The van der Waals surface area contributed by atoms with Crippen LogP contribution in [-0.4, -0.2) is 18.0 Å². The van der Waals surface area contributed by atoms with Crippen LogP contribution in [0.1, 0.15) is 29.8 Å². The van der Waals surface area contributed by atoms with Crippen molar-refractivity contribution in [1.82, 2.24) is 5.32 Å². The molecule has 0 aromatic heterocycles. The molecule has 3 nitrogen and oxygen atoms in total. The molecule has 5 heteroatoms. The molecule has 1 amide bonds. The van der Waals surface area contributed by atoms with E-state index >= 15 is 0 Å². The lowest BCUT2D eigenvalue weighted by Crippen LogP contribution is -2.49. The van der Waals surface area contributed by atoms with Crippen molar-refractivity contribution in [2.45, 2.75) is 26.3 Å². The Morgan fingerprint density at radius 1 is 1.47 bits per heavy atom. The molecular weight excluding hydrogens is 351 g/mol. The topological polar surface area (TPSA) is 55.1 Å². The van der Waals surface area contributed by atoms with Crippen LogP contribution in [0.15, 0.2) is 18.2 Å². The van der Waals surface area contributed by atoms with Crippen LogP contribution in [0, 0.1) is 10.5 Å². The monoisotopic (exact) mass is 368 g/mol. The number of hydrogen-bond acceptors (Lipinski definition) is 2. The molecule has 1 rings (SSSR count). The van der Waals surface area contributed by atoms with Gasteiger partial charge in [-0.1, -0.05) is 11.6 Å². The van der Waals surface area contributed by atoms with Gasteiger partial charge in [0.25, 0.3) is 5.91 Å². The van der Waals surface area contributed by atoms with Gasteiger partial charge < -0.3 is 11.1 Å². The molecule has 1 aromatic carbocycles. The van der Waals surface area contributed by atoms with Gasteiger partial charge >= 0.3 is 0 Å². The Bertz CT molecular complexity index is 407. The van der Waals surface area contributed by atoms with Gasteiger partial charge in [0.2, 0.25) is 0 Å². The summed E-state index contributed by atoms with van der Waals surface area (Å²) in [4.78, 5) is 12.0. The Morgan fingerprint density at radius 3 is 2.59 bits per heavy atom. The van der Waals surface area contributed by atoms with Crippen LogP contribution in [0.2, 0.25) is 0 Å². The third-order valence-corrected chi connectivity index (χ3v) is 3.27. The van der Waals surface area contributed by atoms with E-state index in [1.54, 1.807) is 0 Å². The Kier molecular flexibility index (Phi) is 6.43. The van der Waals surface area contributed by atoms with E-state index in [0.717, 1.165) is 9.13 Å². The van der Waals surface area contributed by atoms with E-state index in [9.17, 15) is 4.79 Å². The second kappa shape index (κ2) is 6.56. The molecule has 0 unspecified atom stereocenters. The maximum absolute atomic E-state index is 12.0. The summed E-state index contributed by atoms with van der Waals surface area (Å²) in [6.07, 6.45) is 0. The largest absolute Gasteiger partial charge is 0.346 e. The van der Waals surface area contributed by atoms with Crippen LogP contribution >= 0.6 is 35.0 Å². The van der Waals surface area contributed by atoms with Gasteiger partial charge in [-0.05, 0) is 55.5 Å². The zero-order chi connectivity index (χ0) is 12.3. The standard InChI is InChI=1S/C12H17IN2O.ClH/c1-8-4-5-10(13)9(6-8)11(16)15-12(2,3)7-14;/h4-6H,7,14H2,1-3H3,(H,15,16);1H. The summed E-state index contributed by atoms with van der Waals surface area (Å²) in [7, 11) is 0. The first-order valence-corrected chi connectivity index (χ1v) is 6.22. The number of carbonyl (C=O) groups is 1. The number of hydrogen-bond donors (Lipinski definition) is 2. The van der Waals surface area contributed by atoms with Crippen LogP contribution in [0.3, 0.4) is 0 Å². The van der Waals surface area contributed by atoms with E-state index in [0.29, 0.717) is 12.1 Å². The molecule has 96 valence electrons. The van der Waals surface area contributed by atoms with Gasteiger partial charge in [0, 0.05) is 15.7 Å². The van der Waals surface area contributed by atoms with Crippen LogP contribution in [0.25, 0.3) is 0 Å². The maximum atomic E-state index is 12.0. The fourth-order valence-electron chi connectivity index (χ4n) is 1.24. The van der Waals surface area contributed by atoms with Crippen molar-refractivity contribution in [3.05, 3.63) is 32.9 Å². The molecule has 0 bridgehead atoms. The summed E-state index contributed by atoms with van der Waals surface area (Å²) in [5, 5.41) is 2.92. The number of aryl methyl sites for hydroxylation is 1. The molecule has 1 aromatic rings. The second-order valence-corrected chi connectivity index (χ2v) is 5.69. The Morgan fingerprint density at radius 2 is 2.06 bits per heavy atom. The average molecular weight is 369 g/mol. The van der Waals surface area contributed by atoms with Crippen molar-refractivity contribution in [3.8, 4) is 0 Å². The summed E-state index contributed by atoms with van der Waals surface area (Å²) in [6, 6.07) is 5.83. The fourth-order valence-corrected chi connectivity index (χ4v) is 1.82. The van der Waals surface area contributed by atoms with Gasteiger partial charge in [0.1, 0.15) is 0 Å². The molecule has 0 heterocycles. The number of halogens is 2. The predicted molar refractivity (Wildman–Crippen MR) is 81.7 cm³/mol. The highest BCUT2D eigenvalue weighted by molar-refractivity contribution is 14.1. The minimum Gasteiger partial charge on any atom is -0.346 e. The highest BCUT2D eigenvalue weighted by Gasteiger charge is 2.20. The van der Waals surface area contributed by atoms with Gasteiger partial charge in [0.15, 0.2) is 0 Å². The van der Waals surface area contributed by atoms with E-state index < -0.39 is 0 Å². The highest BCUT2D eigenvalue weighted by atomic mass is 127. The quantitative estimate of drug-likeness (QED) is 0.806. The minimum atomic E-state index is -0.371. The van der Waals surface area contributed by atoms with Crippen LogP contribution in [0.5, 0.6) is 0 Å².